The smallest absolute Gasteiger partial charge is 0.339 e. The molecule has 1 aliphatic rings. The van der Waals surface area contributed by atoms with Crippen molar-refractivity contribution in [1.29, 1.82) is 0 Å². The summed E-state index contributed by atoms with van der Waals surface area (Å²) in [6.07, 6.45) is 2.72. The Bertz CT molecular complexity index is 673. The largest absolute Gasteiger partial charge is 0.462 e. The van der Waals surface area contributed by atoms with E-state index in [4.69, 9.17) is 4.74 Å². The van der Waals surface area contributed by atoms with Crippen LogP contribution in [0.1, 0.15) is 29.3 Å². The van der Waals surface area contributed by atoms with Gasteiger partial charge in [0.05, 0.1) is 12.2 Å². The summed E-state index contributed by atoms with van der Waals surface area (Å²) in [5.74, 6) is 0.612. The zero-order valence-corrected chi connectivity index (χ0v) is 14.7. The molecular weight excluding hydrogens is 314 g/mol. The van der Waals surface area contributed by atoms with Crippen molar-refractivity contribution in [3.05, 3.63) is 59.8 Å². The molecule has 2 heterocycles. The number of ether oxygens (including phenoxy) is 1. The number of hydrogen-bond acceptors (Lipinski definition) is 5. The van der Waals surface area contributed by atoms with Crippen molar-refractivity contribution in [1.82, 2.24) is 9.88 Å². The van der Waals surface area contributed by atoms with Gasteiger partial charge in [-0.05, 0) is 31.0 Å². The van der Waals surface area contributed by atoms with Crippen LogP contribution in [-0.4, -0.2) is 48.6 Å². The number of aromatic nitrogens is 1. The molecule has 0 bridgehead atoms. The Balaban J connectivity index is 1.58. The zero-order valence-electron chi connectivity index (χ0n) is 14.7. The van der Waals surface area contributed by atoms with Gasteiger partial charge in [0.25, 0.3) is 0 Å². The third kappa shape index (κ3) is 4.79. The van der Waals surface area contributed by atoms with Gasteiger partial charge < -0.3 is 9.64 Å². The van der Waals surface area contributed by atoms with Gasteiger partial charge in [0, 0.05) is 38.9 Å². The quantitative estimate of drug-likeness (QED) is 0.784. The molecule has 1 saturated heterocycles. The van der Waals surface area contributed by atoms with E-state index in [0.717, 1.165) is 45.0 Å². The standard InChI is InChI=1S/C20H25N3O2/c1-2-25-20(24)18-9-10-19(21-15-18)23-12-6-11-22(13-14-23)16-17-7-4-3-5-8-17/h3-5,7-10,15H,2,6,11-14,16H2,1H3. The van der Waals surface area contributed by atoms with E-state index in [0.29, 0.717) is 12.2 Å². The van der Waals surface area contributed by atoms with Gasteiger partial charge in [0.2, 0.25) is 0 Å². The Kier molecular flexibility index (Phi) is 6.01. The molecule has 0 radical (unpaired) electrons. The molecule has 1 fully saturated rings. The fourth-order valence-corrected chi connectivity index (χ4v) is 3.11. The highest BCUT2D eigenvalue weighted by Crippen LogP contribution is 2.16. The molecule has 0 amide bonds. The first kappa shape index (κ1) is 17.4. The van der Waals surface area contributed by atoms with Crippen molar-refractivity contribution in [2.75, 3.05) is 37.7 Å². The number of carbonyl (C=O) groups excluding carboxylic acids is 1. The van der Waals surface area contributed by atoms with Crippen LogP contribution >= 0.6 is 0 Å². The maximum Gasteiger partial charge on any atom is 0.339 e. The van der Waals surface area contributed by atoms with Crippen LogP contribution in [0.2, 0.25) is 0 Å². The highest BCUT2D eigenvalue weighted by Gasteiger charge is 2.17. The van der Waals surface area contributed by atoms with Crippen LogP contribution in [0.25, 0.3) is 0 Å². The molecule has 5 nitrogen and oxygen atoms in total. The van der Waals surface area contributed by atoms with Crippen LogP contribution in [-0.2, 0) is 11.3 Å². The average molecular weight is 339 g/mol. The van der Waals surface area contributed by atoms with Gasteiger partial charge in [-0.3, -0.25) is 4.90 Å². The van der Waals surface area contributed by atoms with E-state index in [2.05, 4.69) is 45.1 Å². The summed E-state index contributed by atoms with van der Waals surface area (Å²) in [6, 6.07) is 14.3. The first-order valence-corrected chi connectivity index (χ1v) is 8.90. The van der Waals surface area contributed by atoms with Crippen molar-refractivity contribution in [2.24, 2.45) is 0 Å². The highest BCUT2D eigenvalue weighted by atomic mass is 16.5. The molecule has 0 unspecified atom stereocenters. The molecule has 0 atom stereocenters. The molecule has 1 aliphatic heterocycles. The fraction of sp³-hybridized carbons (Fsp3) is 0.400. The first-order valence-electron chi connectivity index (χ1n) is 8.90. The lowest BCUT2D eigenvalue weighted by Gasteiger charge is -2.23. The molecule has 0 spiro atoms. The average Bonchev–Trinajstić information content (AvgIpc) is 2.89. The molecule has 25 heavy (non-hydrogen) atoms. The first-order chi connectivity index (χ1) is 12.3. The Morgan fingerprint density at radius 1 is 1.08 bits per heavy atom. The van der Waals surface area contributed by atoms with Crippen molar-refractivity contribution >= 4 is 11.8 Å². The van der Waals surface area contributed by atoms with Gasteiger partial charge in [0.1, 0.15) is 5.82 Å². The van der Waals surface area contributed by atoms with Crippen LogP contribution in [0.3, 0.4) is 0 Å². The number of carbonyl (C=O) groups is 1. The number of hydrogen-bond donors (Lipinski definition) is 0. The van der Waals surface area contributed by atoms with Crippen LogP contribution in [0.4, 0.5) is 5.82 Å². The minimum absolute atomic E-state index is 0.313. The number of anilines is 1. The maximum atomic E-state index is 11.7. The Hall–Kier alpha value is -2.40. The topological polar surface area (TPSA) is 45.7 Å². The van der Waals surface area contributed by atoms with E-state index < -0.39 is 0 Å². The Morgan fingerprint density at radius 3 is 2.64 bits per heavy atom. The van der Waals surface area contributed by atoms with Gasteiger partial charge in [0.15, 0.2) is 0 Å². The van der Waals surface area contributed by atoms with Gasteiger partial charge in [-0.1, -0.05) is 30.3 Å². The molecule has 0 N–H and O–H groups in total. The predicted octanol–water partition coefficient (Wildman–Crippen LogP) is 2.97. The molecule has 132 valence electrons. The molecule has 2 aromatic rings. The predicted molar refractivity (Wildman–Crippen MR) is 98.7 cm³/mol. The van der Waals surface area contributed by atoms with E-state index in [1.807, 2.05) is 6.07 Å². The van der Waals surface area contributed by atoms with Gasteiger partial charge in [-0.25, -0.2) is 9.78 Å². The van der Waals surface area contributed by atoms with Gasteiger partial charge in [-0.2, -0.15) is 0 Å². The number of pyridine rings is 1. The lowest BCUT2D eigenvalue weighted by molar-refractivity contribution is 0.0526. The third-order valence-electron chi connectivity index (χ3n) is 4.42. The van der Waals surface area contributed by atoms with Crippen molar-refractivity contribution < 1.29 is 9.53 Å². The van der Waals surface area contributed by atoms with Gasteiger partial charge in [-0.15, -0.1) is 0 Å². The minimum Gasteiger partial charge on any atom is -0.462 e. The summed E-state index contributed by atoms with van der Waals surface area (Å²) in [5.41, 5.74) is 1.86. The highest BCUT2D eigenvalue weighted by molar-refractivity contribution is 5.89. The minimum atomic E-state index is -0.313. The lowest BCUT2D eigenvalue weighted by Crippen LogP contribution is -2.31. The van der Waals surface area contributed by atoms with Crippen LogP contribution in [0.5, 0.6) is 0 Å². The van der Waals surface area contributed by atoms with E-state index >= 15 is 0 Å². The monoisotopic (exact) mass is 339 g/mol. The van der Waals surface area contributed by atoms with E-state index in [1.54, 1.807) is 19.2 Å². The van der Waals surface area contributed by atoms with Gasteiger partial charge >= 0.3 is 5.97 Å². The summed E-state index contributed by atoms with van der Waals surface area (Å²) in [6.45, 7) is 7.20. The number of esters is 1. The van der Waals surface area contributed by atoms with Crippen molar-refractivity contribution in [2.45, 2.75) is 19.9 Å². The summed E-state index contributed by atoms with van der Waals surface area (Å²) in [4.78, 5) is 21.0. The Morgan fingerprint density at radius 2 is 1.92 bits per heavy atom. The molecule has 1 aromatic carbocycles. The fourth-order valence-electron chi connectivity index (χ4n) is 3.11. The van der Waals surface area contributed by atoms with E-state index in [-0.39, 0.29) is 5.97 Å². The second-order valence-electron chi connectivity index (χ2n) is 6.23. The second-order valence-corrected chi connectivity index (χ2v) is 6.23. The maximum absolute atomic E-state index is 11.7. The number of benzene rings is 1. The molecular formula is C20H25N3O2. The molecule has 3 rings (SSSR count). The van der Waals surface area contributed by atoms with Crippen molar-refractivity contribution in [3.63, 3.8) is 0 Å². The Labute approximate surface area is 149 Å². The lowest BCUT2D eigenvalue weighted by atomic mass is 10.2. The SMILES string of the molecule is CCOC(=O)c1ccc(N2CCCN(Cc3ccccc3)CC2)nc1. The number of nitrogens with zero attached hydrogens (tertiary/aromatic N) is 3. The number of rotatable bonds is 5. The van der Waals surface area contributed by atoms with Crippen LogP contribution in [0, 0.1) is 0 Å². The summed E-state index contributed by atoms with van der Waals surface area (Å²) < 4.78 is 5.00. The van der Waals surface area contributed by atoms with Crippen LogP contribution < -0.4 is 4.90 Å². The summed E-state index contributed by atoms with van der Waals surface area (Å²) in [5, 5.41) is 0. The summed E-state index contributed by atoms with van der Waals surface area (Å²) >= 11 is 0. The molecule has 1 aromatic heterocycles. The molecule has 0 aliphatic carbocycles. The van der Waals surface area contributed by atoms with E-state index in [9.17, 15) is 4.79 Å². The van der Waals surface area contributed by atoms with Crippen molar-refractivity contribution in [3.8, 4) is 0 Å². The molecule has 5 heteroatoms. The third-order valence-corrected chi connectivity index (χ3v) is 4.42. The van der Waals surface area contributed by atoms with E-state index in [1.165, 1.54) is 5.56 Å². The van der Waals surface area contributed by atoms with Crippen LogP contribution in [0.15, 0.2) is 48.7 Å². The summed E-state index contributed by atoms with van der Waals surface area (Å²) in [7, 11) is 0. The molecule has 0 saturated carbocycles. The normalized spacial score (nSPS) is 15.6. The second kappa shape index (κ2) is 8.62. The zero-order chi connectivity index (χ0) is 17.5.